The van der Waals surface area contributed by atoms with E-state index in [9.17, 15) is 9.59 Å². The van der Waals surface area contributed by atoms with Crippen LogP contribution in [0.25, 0.3) is 17.0 Å². The molecule has 0 saturated carbocycles. The molecule has 0 aliphatic carbocycles. The number of hydrogen-bond donors (Lipinski definition) is 1. The third-order valence-corrected chi connectivity index (χ3v) is 4.09. The summed E-state index contributed by atoms with van der Waals surface area (Å²) in [5.41, 5.74) is 2.19. The van der Waals surface area contributed by atoms with Gasteiger partial charge in [0.2, 0.25) is 0 Å². The summed E-state index contributed by atoms with van der Waals surface area (Å²) in [7, 11) is 0. The molecule has 3 nitrogen and oxygen atoms in total. The van der Waals surface area contributed by atoms with Gasteiger partial charge in [-0.25, -0.2) is 0 Å². The van der Waals surface area contributed by atoms with Gasteiger partial charge in [-0.1, -0.05) is 18.2 Å². The number of rotatable bonds is 3. The smallest absolute Gasteiger partial charge is 0.255 e. The molecule has 0 aliphatic heterocycles. The number of carbonyl (C=O) groups is 1. The van der Waals surface area contributed by atoms with Gasteiger partial charge in [0.25, 0.3) is 5.56 Å². The minimum Gasteiger partial charge on any atom is -0.321 e. The molecular formula is C17H13NO2S. The van der Waals surface area contributed by atoms with Crippen molar-refractivity contribution in [3.05, 3.63) is 74.2 Å². The van der Waals surface area contributed by atoms with Crippen LogP contribution in [-0.2, 0) is 0 Å². The fourth-order valence-corrected chi connectivity index (χ4v) is 2.77. The summed E-state index contributed by atoms with van der Waals surface area (Å²) in [6.45, 7) is 1.98. The van der Waals surface area contributed by atoms with E-state index in [4.69, 9.17) is 0 Å². The molecule has 0 saturated heterocycles. The second-order valence-corrected chi connectivity index (χ2v) is 5.77. The minimum atomic E-state index is -0.191. The molecule has 2 aromatic heterocycles. The molecular weight excluding hydrogens is 282 g/mol. The Hall–Kier alpha value is -2.46. The van der Waals surface area contributed by atoms with Gasteiger partial charge in [-0.2, -0.15) is 0 Å². The zero-order chi connectivity index (χ0) is 14.8. The quantitative estimate of drug-likeness (QED) is 0.590. The number of hydrogen-bond acceptors (Lipinski definition) is 3. The van der Waals surface area contributed by atoms with Crippen LogP contribution < -0.4 is 5.56 Å². The highest BCUT2D eigenvalue weighted by atomic mass is 32.1. The van der Waals surface area contributed by atoms with Crippen molar-refractivity contribution in [3.63, 3.8) is 0 Å². The van der Waals surface area contributed by atoms with Gasteiger partial charge in [0.1, 0.15) is 0 Å². The van der Waals surface area contributed by atoms with Crippen LogP contribution in [0.3, 0.4) is 0 Å². The van der Waals surface area contributed by atoms with E-state index in [0.29, 0.717) is 10.4 Å². The molecule has 0 atom stereocenters. The van der Waals surface area contributed by atoms with Crippen LogP contribution in [0.4, 0.5) is 0 Å². The molecule has 21 heavy (non-hydrogen) atoms. The van der Waals surface area contributed by atoms with Crippen molar-refractivity contribution >= 4 is 34.1 Å². The second-order valence-electron chi connectivity index (χ2n) is 4.82. The van der Waals surface area contributed by atoms with Crippen LogP contribution in [0.5, 0.6) is 0 Å². The normalized spacial score (nSPS) is 11.3. The molecule has 0 radical (unpaired) electrons. The Morgan fingerprint density at radius 3 is 2.86 bits per heavy atom. The topological polar surface area (TPSA) is 49.9 Å². The molecule has 0 amide bonds. The summed E-state index contributed by atoms with van der Waals surface area (Å²) < 4.78 is 0. The van der Waals surface area contributed by atoms with Gasteiger partial charge >= 0.3 is 0 Å². The van der Waals surface area contributed by atoms with Crippen LogP contribution in [0.1, 0.15) is 20.8 Å². The van der Waals surface area contributed by atoms with Crippen molar-refractivity contribution in [2.45, 2.75) is 6.92 Å². The average molecular weight is 295 g/mol. The number of H-pyrrole nitrogens is 1. The van der Waals surface area contributed by atoms with Gasteiger partial charge in [0, 0.05) is 11.1 Å². The highest BCUT2D eigenvalue weighted by molar-refractivity contribution is 7.12. The highest BCUT2D eigenvalue weighted by Gasteiger charge is 2.04. The number of aromatic amines is 1. The molecule has 4 heteroatoms. The maximum absolute atomic E-state index is 12.0. The van der Waals surface area contributed by atoms with E-state index in [1.54, 1.807) is 18.2 Å². The van der Waals surface area contributed by atoms with Crippen LogP contribution >= 0.6 is 11.3 Å². The van der Waals surface area contributed by atoms with Crippen LogP contribution in [0.2, 0.25) is 0 Å². The monoisotopic (exact) mass is 295 g/mol. The first-order valence-electron chi connectivity index (χ1n) is 6.53. The molecule has 0 spiro atoms. The fourth-order valence-electron chi connectivity index (χ4n) is 2.12. The maximum atomic E-state index is 12.0. The first kappa shape index (κ1) is 13.5. The third-order valence-electron chi connectivity index (χ3n) is 3.21. The molecule has 3 rings (SSSR count). The largest absolute Gasteiger partial charge is 0.321 e. The summed E-state index contributed by atoms with van der Waals surface area (Å²) in [5, 5.41) is 2.80. The zero-order valence-corrected chi connectivity index (χ0v) is 12.2. The Bertz CT molecular complexity index is 889. The van der Waals surface area contributed by atoms with E-state index in [0.717, 1.165) is 16.5 Å². The van der Waals surface area contributed by atoms with Crippen molar-refractivity contribution in [2.24, 2.45) is 0 Å². The lowest BCUT2D eigenvalue weighted by molar-refractivity contribution is 0.105. The van der Waals surface area contributed by atoms with Crippen molar-refractivity contribution in [1.29, 1.82) is 0 Å². The maximum Gasteiger partial charge on any atom is 0.255 e. The first-order chi connectivity index (χ1) is 10.1. The van der Waals surface area contributed by atoms with Crippen molar-refractivity contribution in [2.75, 3.05) is 0 Å². The van der Waals surface area contributed by atoms with E-state index in [1.807, 2.05) is 36.6 Å². The van der Waals surface area contributed by atoms with E-state index >= 15 is 0 Å². The van der Waals surface area contributed by atoms with Gasteiger partial charge < -0.3 is 4.98 Å². The molecule has 0 bridgehead atoms. The van der Waals surface area contributed by atoms with E-state index in [1.165, 1.54) is 17.4 Å². The molecule has 0 aliphatic rings. The van der Waals surface area contributed by atoms with Crippen molar-refractivity contribution in [1.82, 2.24) is 4.98 Å². The molecule has 1 N–H and O–H groups in total. The Labute approximate surface area is 125 Å². The predicted octanol–water partition coefficient (Wildman–Crippen LogP) is 3.79. The molecule has 0 unspecified atom stereocenters. The number of thiophene rings is 1. The Morgan fingerprint density at radius 2 is 2.10 bits per heavy atom. The Balaban J connectivity index is 1.97. The lowest BCUT2D eigenvalue weighted by Gasteiger charge is -2.01. The number of fused-ring (bicyclic) bond motifs is 1. The van der Waals surface area contributed by atoms with E-state index in [-0.39, 0.29) is 11.3 Å². The molecule has 0 fully saturated rings. The van der Waals surface area contributed by atoms with Crippen molar-refractivity contribution in [3.8, 4) is 0 Å². The minimum absolute atomic E-state index is 0.0894. The van der Waals surface area contributed by atoms with Crippen LogP contribution in [0, 0.1) is 6.92 Å². The number of ketones is 1. The molecule has 3 aromatic rings. The van der Waals surface area contributed by atoms with Crippen LogP contribution in [0.15, 0.2) is 52.6 Å². The molecule has 1 aromatic carbocycles. The summed E-state index contributed by atoms with van der Waals surface area (Å²) in [6, 6.07) is 11.3. The second kappa shape index (κ2) is 5.50. The number of benzene rings is 1. The highest BCUT2D eigenvalue weighted by Crippen LogP contribution is 2.14. The predicted molar refractivity (Wildman–Crippen MR) is 87.0 cm³/mol. The van der Waals surface area contributed by atoms with Gasteiger partial charge in [-0.15, -0.1) is 11.3 Å². The van der Waals surface area contributed by atoms with Crippen LogP contribution in [-0.4, -0.2) is 10.8 Å². The molecule has 104 valence electrons. The average Bonchev–Trinajstić information content (AvgIpc) is 2.99. The van der Waals surface area contributed by atoms with Crippen molar-refractivity contribution < 1.29 is 4.79 Å². The van der Waals surface area contributed by atoms with Gasteiger partial charge in [-0.3, -0.25) is 9.59 Å². The summed E-state index contributed by atoms with van der Waals surface area (Å²) in [5.74, 6) is -0.0894. The lowest BCUT2D eigenvalue weighted by atomic mass is 10.1. The van der Waals surface area contributed by atoms with Gasteiger partial charge in [-0.05, 0) is 53.6 Å². The number of aryl methyl sites for hydroxylation is 1. The molecule has 2 heterocycles. The Morgan fingerprint density at radius 1 is 1.24 bits per heavy atom. The standard InChI is InChI=1S/C17H13NO2S/c1-11-4-5-12-10-13(17(20)18-14(12)9-11)6-7-15(19)16-3-2-8-21-16/h2-10H,1H3,(H,18,20). The zero-order valence-electron chi connectivity index (χ0n) is 11.4. The Kier molecular flexibility index (Phi) is 3.54. The summed E-state index contributed by atoms with van der Waals surface area (Å²) in [4.78, 5) is 27.4. The SMILES string of the molecule is Cc1ccc2cc(C=CC(=O)c3cccs3)c(=O)[nH]c2c1. The summed E-state index contributed by atoms with van der Waals surface area (Å²) in [6.07, 6.45) is 3.01. The van der Waals surface area contributed by atoms with Gasteiger partial charge in [0.05, 0.1) is 4.88 Å². The number of aromatic nitrogens is 1. The first-order valence-corrected chi connectivity index (χ1v) is 7.41. The fraction of sp³-hybridized carbons (Fsp3) is 0.0588. The van der Waals surface area contributed by atoms with E-state index in [2.05, 4.69) is 4.98 Å². The lowest BCUT2D eigenvalue weighted by Crippen LogP contribution is -2.09. The third kappa shape index (κ3) is 2.85. The number of allylic oxidation sites excluding steroid dienone is 1. The number of pyridine rings is 1. The number of carbonyl (C=O) groups excluding carboxylic acids is 1. The van der Waals surface area contributed by atoms with E-state index < -0.39 is 0 Å². The van der Waals surface area contributed by atoms with Gasteiger partial charge in [0.15, 0.2) is 5.78 Å². The number of nitrogens with one attached hydrogen (secondary N) is 1. The summed E-state index contributed by atoms with van der Waals surface area (Å²) >= 11 is 1.39.